The standard InChI is InChI=1S/C34H35ClF2N8O3S/c1-4-25(46)45-11-8-23(24(45)16-47-3)43(2)32-21-14-40-28(19-6-7-22(37)30-26(19)20(13-38)31(39)49-30)27(35)29(21)41-33(42-32)48-17-34-9-5-10-44(34)15-18(36)12-34/h4,6-7,14,18,23-24H,1,5,8-12,15-17,39H2,2-3H3/t18-,23?,24?,34+/m1/s1. The number of likely N-dealkylation sites (N-methyl/N-ethyl adjacent to an activating group) is 1. The normalized spacial score (nSPS) is 23.7. The molecule has 4 aromatic rings. The second kappa shape index (κ2) is 12.9. The number of nitrogen functional groups attached to an aromatic ring is 1. The quantitative estimate of drug-likeness (QED) is 0.227. The van der Waals surface area contributed by atoms with Crippen molar-refractivity contribution in [3.05, 3.63) is 47.4 Å². The number of nitrogens with zero attached hydrogens (tertiary/aromatic N) is 7. The molecule has 1 aromatic carbocycles. The predicted octanol–water partition coefficient (Wildman–Crippen LogP) is 5.35. The van der Waals surface area contributed by atoms with Crippen molar-refractivity contribution in [1.82, 2.24) is 24.8 Å². The summed E-state index contributed by atoms with van der Waals surface area (Å²) in [4.78, 5) is 33.0. The molecule has 2 N–H and O–H groups in total. The van der Waals surface area contributed by atoms with Gasteiger partial charge in [-0.05, 0) is 44.0 Å². The number of anilines is 2. The molecule has 3 fully saturated rings. The number of nitriles is 1. The van der Waals surface area contributed by atoms with Crippen molar-refractivity contribution >= 4 is 60.7 Å². The summed E-state index contributed by atoms with van der Waals surface area (Å²) in [7, 11) is 3.46. The van der Waals surface area contributed by atoms with Crippen LogP contribution in [-0.4, -0.2) is 101 Å². The van der Waals surface area contributed by atoms with Crippen LogP contribution in [0.25, 0.3) is 32.2 Å². The smallest absolute Gasteiger partial charge is 0.319 e. The number of likely N-dealkylation sites (tertiary alicyclic amines) is 1. The summed E-state index contributed by atoms with van der Waals surface area (Å²) < 4.78 is 41.6. The van der Waals surface area contributed by atoms with Gasteiger partial charge in [0.15, 0.2) is 0 Å². The first-order valence-electron chi connectivity index (χ1n) is 16.0. The van der Waals surface area contributed by atoms with Crippen molar-refractivity contribution in [2.24, 2.45) is 0 Å². The van der Waals surface area contributed by atoms with E-state index in [0.29, 0.717) is 60.2 Å². The van der Waals surface area contributed by atoms with E-state index in [2.05, 4.69) is 17.5 Å². The number of nitrogens with two attached hydrogens (primary N) is 1. The van der Waals surface area contributed by atoms with E-state index in [9.17, 15) is 18.8 Å². The fourth-order valence-electron chi connectivity index (χ4n) is 7.90. The average molecular weight is 709 g/mol. The third-order valence-electron chi connectivity index (χ3n) is 10.2. The first kappa shape index (κ1) is 33.3. The van der Waals surface area contributed by atoms with Gasteiger partial charge in [0, 0.05) is 50.8 Å². The first-order valence-corrected chi connectivity index (χ1v) is 17.2. The number of alkyl halides is 1. The number of ether oxygens (including phenoxy) is 2. The van der Waals surface area contributed by atoms with Crippen LogP contribution in [0.4, 0.5) is 19.6 Å². The Hall–Kier alpha value is -4.16. The highest BCUT2D eigenvalue weighted by molar-refractivity contribution is 7.23. The number of rotatable bonds is 9. The minimum Gasteiger partial charge on any atom is -0.461 e. The van der Waals surface area contributed by atoms with E-state index in [1.807, 2.05) is 11.9 Å². The van der Waals surface area contributed by atoms with Gasteiger partial charge in [-0.2, -0.15) is 15.2 Å². The molecule has 0 radical (unpaired) electrons. The van der Waals surface area contributed by atoms with Gasteiger partial charge < -0.3 is 25.0 Å². The van der Waals surface area contributed by atoms with Crippen molar-refractivity contribution in [2.45, 2.75) is 49.5 Å². The fourth-order valence-corrected chi connectivity index (χ4v) is 9.14. The van der Waals surface area contributed by atoms with E-state index in [0.717, 1.165) is 30.7 Å². The van der Waals surface area contributed by atoms with E-state index < -0.39 is 17.5 Å². The lowest BCUT2D eigenvalue weighted by atomic mass is 9.95. The molecule has 0 spiro atoms. The number of halogens is 3. The maximum Gasteiger partial charge on any atom is 0.319 e. The van der Waals surface area contributed by atoms with Gasteiger partial charge in [-0.3, -0.25) is 14.7 Å². The maximum absolute atomic E-state index is 14.9. The molecule has 49 heavy (non-hydrogen) atoms. The van der Waals surface area contributed by atoms with Crippen molar-refractivity contribution < 1.29 is 23.0 Å². The van der Waals surface area contributed by atoms with E-state index >= 15 is 0 Å². The Kier molecular flexibility index (Phi) is 8.81. The molecule has 3 aliphatic heterocycles. The van der Waals surface area contributed by atoms with Crippen molar-refractivity contribution in [1.29, 1.82) is 5.26 Å². The molecular formula is C34H35ClF2N8O3S. The van der Waals surface area contributed by atoms with E-state index in [4.69, 9.17) is 41.8 Å². The molecule has 0 bridgehead atoms. The number of hydrogen-bond donors (Lipinski definition) is 1. The highest BCUT2D eigenvalue weighted by Gasteiger charge is 2.49. The van der Waals surface area contributed by atoms with Crippen LogP contribution in [0.3, 0.4) is 0 Å². The van der Waals surface area contributed by atoms with Gasteiger partial charge in [-0.15, -0.1) is 11.3 Å². The number of fused-ring (bicyclic) bond motifs is 3. The second-order valence-electron chi connectivity index (χ2n) is 12.9. The molecule has 11 nitrogen and oxygen atoms in total. The molecular weight excluding hydrogens is 674 g/mol. The van der Waals surface area contributed by atoms with Gasteiger partial charge in [-0.1, -0.05) is 18.2 Å². The van der Waals surface area contributed by atoms with E-state index in [1.54, 1.807) is 18.2 Å². The van der Waals surface area contributed by atoms with Gasteiger partial charge in [0.05, 0.1) is 50.6 Å². The Labute approximate surface area is 290 Å². The topological polar surface area (TPSA) is 134 Å². The summed E-state index contributed by atoms with van der Waals surface area (Å²) >= 11 is 8.14. The number of carbonyl (C=O) groups is 1. The van der Waals surface area contributed by atoms with Crippen LogP contribution in [0.15, 0.2) is 31.0 Å². The average Bonchev–Trinajstić information content (AvgIpc) is 3.85. The van der Waals surface area contributed by atoms with Crippen molar-refractivity contribution in [3.63, 3.8) is 0 Å². The van der Waals surface area contributed by atoms with Gasteiger partial charge in [-0.25, -0.2) is 8.78 Å². The van der Waals surface area contributed by atoms with Gasteiger partial charge in [0.1, 0.15) is 41.0 Å². The van der Waals surface area contributed by atoms with Crippen LogP contribution >= 0.6 is 22.9 Å². The molecule has 3 aliphatic rings. The number of hydrogen-bond acceptors (Lipinski definition) is 11. The number of carbonyl (C=O) groups excluding carboxylic acids is 1. The molecule has 1 amide bonds. The Morgan fingerprint density at radius 1 is 1.37 bits per heavy atom. The molecule has 3 aromatic heterocycles. The van der Waals surface area contributed by atoms with E-state index in [1.165, 1.54) is 18.2 Å². The van der Waals surface area contributed by atoms with Crippen LogP contribution < -0.4 is 15.4 Å². The summed E-state index contributed by atoms with van der Waals surface area (Å²) in [5.74, 6) is -0.231. The third kappa shape index (κ3) is 5.53. The van der Waals surface area contributed by atoms with E-state index in [-0.39, 0.29) is 56.6 Å². The summed E-state index contributed by atoms with van der Waals surface area (Å²) in [6.45, 7) is 5.84. The Morgan fingerprint density at radius 2 is 2.18 bits per heavy atom. The van der Waals surface area contributed by atoms with Crippen LogP contribution in [0.2, 0.25) is 5.02 Å². The summed E-state index contributed by atoms with van der Waals surface area (Å²) in [5, 5.41) is 11.1. The lowest BCUT2D eigenvalue weighted by Gasteiger charge is -2.34. The lowest BCUT2D eigenvalue weighted by Crippen LogP contribution is -2.48. The van der Waals surface area contributed by atoms with Crippen LogP contribution in [0.1, 0.15) is 31.2 Å². The van der Waals surface area contributed by atoms with Gasteiger partial charge in [0.2, 0.25) is 5.91 Å². The van der Waals surface area contributed by atoms with Crippen molar-refractivity contribution in [2.75, 3.05) is 57.6 Å². The highest BCUT2D eigenvalue weighted by Crippen LogP contribution is 2.45. The molecule has 256 valence electrons. The van der Waals surface area contributed by atoms with Crippen LogP contribution in [-0.2, 0) is 9.53 Å². The molecule has 15 heteroatoms. The maximum atomic E-state index is 14.9. The monoisotopic (exact) mass is 708 g/mol. The molecule has 0 saturated carbocycles. The van der Waals surface area contributed by atoms with Gasteiger partial charge >= 0.3 is 6.01 Å². The number of benzene rings is 1. The molecule has 0 aliphatic carbocycles. The van der Waals surface area contributed by atoms with Crippen LogP contribution in [0, 0.1) is 17.1 Å². The molecule has 2 unspecified atom stereocenters. The zero-order valence-corrected chi connectivity index (χ0v) is 28.7. The molecule has 4 atom stereocenters. The second-order valence-corrected chi connectivity index (χ2v) is 14.3. The number of pyridine rings is 1. The summed E-state index contributed by atoms with van der Waals surface area (Å²) in [6.07, 6.45) is 4.73. The molecule has 3 saturated heterocycles. The number of thiophene rings is 1. The molecule has 6 heterocycles. The number of methoxy groups -OCH3 is 1. The largest absolute Gasteiger partial charge is 0.461 e. The first-order chi connectivity index (χ1) is 23.6. The zero-order chi connectivity index (χ0) is 34.6. The molecule has 7 rings (SSSR count). The van der Waals surface area contributed by atoms with Gasteiger partial charge in [0.25, 0.3) is 0 Å². The zero-order valence-electron chi connectivity index (χ0n) is 27.1. The number of aromatic nitrogens is 3. The minimum absolute atomic E-state index is 0.0546. The Morgan fingerprint density at radius 3 is 2.94 bits per heavy atom. The lowest BCUT2D eigenvalue weighted by molar-refractivity contribution is -0.127. The predicted molar refractivity (Wildman–Crippen MR) is 185 cm³/mol. The minimum atomic E-state index is -0.926. The highest BCUT2D eigenvalue weighted by atomic mass is 35.5. The fraction of sp³-hybridized carbons (Fsp3) is 0.441. The SMILES string of the molecule is C=CC(=O)N1CCC(N(C)c2nc(OC[C@@]34CCCN3C[C@H](F)C4)nc3c(Cl)c(-c4ccc(F)c5sc(N)c(C#N)c45)ncc23)C1COC. The summed E-state index contributed by atoms with van der Waals surface area (Å²) in [6, 6.07) is 4.46. The Bertz CT molecular complexity index is 2020. The number of amides is 1. The summed E-state index contributed by atoms with van der Waals surface area (Å²) in [5.41, 5.74) is 6.85. The Balaban J connectivity index is 1.36. The van der Waals surface area contributed by atoms with Crippen molar-refractivity contribution in [3.8, 4) is 23.3 Å². The third-order valence-corrected chi connectivity index (χ3v) is 11.6. The van der Waals surface area contributed by atoms with Crippen LogP contribution in [0.5, 0.6) is 6.01 Å².